The first-order valence-electron chi connectivity index (χ1n) is 6.79. The first kappa shape index (κ1) is 15.2. The second-order valence-electron chi connectivity index (χ2n) is 4.63. The van der Waals surface area contributed by atoms with Crippen molar-refractivity contribution in [1.29, 1.82) is 0 Å². The van der Waals surface area contributed by atoms with E-state index in [4.69, 9.17) is 9.47 Å². The number of rotatable bonds is 4. The maximum atomic E-state index is 12.1. The molecule has 0 spiro atoms. The molecular formula is C16H14BrNO3S. The number of carbonyl (C=O) groups excluding carboxylic acids is 1. The van der Waals surface area contributed by atoms with Gasteiger partial charge in [0.15, 0.2) is 11.5 Å². The lowest BCUT2D eigenvalue weighted by Gasteiger charge is -2.20. The van der Waals surface area contributed by atoms with Crippen LogP contribution in [0.2, 0.25) is 0 Å². The summed E-state index contributed by atoms with van der Waals surface area (Å²) in [6.07, 6.45) is 0. The number of fused-ring (bicyclic) bond motifs is 1. The summed E-state index contributed by atoms with van der Waals surface area (Å²) < 4.78 is 11.8. The molecule has 0 aromatic heterocycles. The summed E-state index contributed by atoms with van der Waals surface area (Å²) in [6.45, 7) is 1.06. The van der Waals surface area contributed by atoms with E-state index in [1.54, 1.807) is 6.07 Å². The minimum Gasteiger partial charge on any atom is -0.486 e. The normalized spacial score (nSPS) is 12.8. The molecule has 0 fully saturated rings. The lowest BCUT2D eigenvalue weighted by atomic mass is 10.2. The minimum absolute atomic E-state index is 0.0637. The molecule has 1 aliphatic heterocycles. The Hall–Kier alpha value is -1.66. The maximum Gasteiger partial charge on any atom is 0.234 e. The van der Waals surface area contributed by atoms with E-state index in [-0.39, 0.29) is 5.91 Å². The number of anilines is 1. The quantitative estimate of drug-likeness (QED) is 0.816. The van der Waals surface area contributed by atoms with Gasteiger partial charge in [-0.3, -0.25) is 4.79 Å². The van der Waals surface area contributed by atoms with Crippen molar-refractivity contribution in [3.8, 4) is 11.5 Å². The molecule has 2 aromatic rings. The van der Waals surface area contributed by atoms with Crippen molar-refractivity contribution < 1.29 is 14.3 Å². The number of hydrogen-bond donors (Lipinski definition) is 1. The zero-order valence-electron chi connectivity index (χ0n) is 11.7. The number of carbonyl (C=O) groups is 1. The van der Waals surface area contributed by atoms with Crippen LogP contribution in [0.3, 0.4) is 0 Å². The summed E-state index contributed by atoms with van der Waals surface area (Å²) in [5.41, 5.74) is 0.683. The Morgan fingerprint density at radius 3 is 2.55 bits per heavy atom. The standard InChI is InChI=1S/C16H14BrNO3S/c17-12-8-14-15(21-7-6-20-14)9-13(12)18-16(19)10-22-11-4-2-1-3-5-11/h1-5,8-9H,6-7,10H2,(H,18,19). The molecule has 1 amide bonds. The number of nitrogens with one attached hydrogen (secondary N) is 1. The van der Waals surface area contributed by atoms with E-state index in [0.29, 0.717) is 36.2 Å². The molecule has 1 aliphatic rings. The molecule has 22 heavy (non-hydrogen) atoms. The number of ether oxygens (including phenoxy) is 2. The third-order valence-electron chi connectivity index (χ3n) is 3.02. The lowest BCUT2D eigenvalue weighted by molar-refractivity contribution is -0.113. The molecule has 4 nitrogen and oxygen atoms in total. The highest BCUT2D eigenvalue weighted by Gasteiger charge is 2.16. The molecule has 6 heteroatoms. The highest BCUT2D eigenvalue weighted by molar-refractivity contribution is 9.10. The van der Waals surface area contributed by atoms with Gasteiger partial charge < -0.3 is 14.8 Å². The Labute approximate surface area is 141 Å². The number of thioether (sulfide) groups is 1. The molecule has 114 valence electrons. The van der Waals surface area contributed by atoms with Gasteiger partial charge in [0, 0.05) is 21.5 Å². The fourth-order valence-corrected chi connectivity index (χ4v) is 3.15. The van der Waals surface area contributed by atoms with Crippen molar-refractivity contribution in [2.75, 3.05) is 24.3 Å². The average Bonchev–Trinajstić information content (AvgIpc) is 2.55. The van der Waals surface area contributed by atoms with E-state index in [2.05, 4.69) is 21.2 Å². The molecule has 1 N–H and O–H groups in total. The number of halogens is 1. The summed E-state index contributed by atoms with van der Waals surface area (Å²) in [4.78, 5) is 13.1. The van der Waals surface area contributed by atoms with Gasteiger partial charge in [-0.2, -0.15) is 0 Å². The molecule has 0 aliphatic carbocycles. The summed E-state index contributed by atoms with van der Waals surface area (Å²) in [7, 11) is 0. The van der Waals surface area contributed by atoms with Crippen LogP contribution in [0.1, 0.15) is 0 Å². The van der Waals surface area contributed by atoms with Gasteiger partial charge in [-0.25, -0.2) is 0 Å². The van der Waals surface area contributed by atoms with Crippen molar-refractivity contribution in [3.63, 3.8) is 0 Å². The fraction of sp³-hybridized carbons (Fsp3) is 0.188. The number of amides is 1. The van der Waals surface area contributed by atoms with E-state index in [9.17, 15) is 4.79 Å². The Balaban J connectivity index is 1.64. The van der Waals surface area contributed by atoms with Gasteiger partial charge in [-0.1, -0.05) is 18.2 Å². The van der Waals surface area contributed by atoms with E-state index < -0.39 is 0 Å². The van der Waals surface area contributed by atoms with Gasteiger partial charge in [-0.15, -0.1) is 11.8 Å². The SMILES string of the molecule is O=C(CSc1ccccc1)Nc1cc2c(cc1Br)OCCO2. The van der Waals surface area contributed by atoms with Gasteiger partial charge in [-0.05, 0) is 28.1 Å². The molecule has 0 unspecified atom stereocenters. The Kier molecular flexibility index (Phi) is 4.90. The summed E-state index contributed by atoms with van der Waals surface area (Å²) in [5, 5.41) is 2.89. The smallest absolute Gasteiger partial charge is 0.234 e. The second-order valence-corrected chi connectivity index (χ2v) is 6.53. The predicted octanol–water partition coefficient (Wildman–Crippen LogP) is 3.95. The molecule has 3 rings (SSSR count). The molecular weight excluding hydrogens is 366 g/mol. The summed E-state index contributed by atoms with van der Waals surface area (Å²) >= 11 is 4.94. The van der Waals surface area contributed by atoms with Gasteiger partial charge in [0.1, 0.15) is 13.2 Å². The zero-order valence-corrected chi connectivity index (χ0v) is 14.1. The van der Waals surface area contributed by atoms with E-state index >= 15 is 0 Å². The van der Waals surface area contributed by atoms with Crippen LogP contribution in [0.5, 0.6) is 11.5 Å². The highest BCUT2D eigenvalue weighted by atomic mass is 79.9. The summed E-state index contributed by atoms with van der Waals surface area (Å²) in [5.74, 6) is 1.63. The van der Waals surface area contributed by atoms with Crippen LogP contribution in [-0.2, 0) is 4.79 Å². The third-order valence-corrected chi connectivity index (χ3v) is 4.69. The molecule has 0 bridgehead atoms. The third kappa shape index (κ3) is 3.75. The largest absolute Gasteiger partial charge is 0.486 e. The predicted molar refractivity (Wildman–Crippen MR) is 90.9 cm³/mol. The molecule has 2 aromatic carbocycles. The number of hydrogen-bond acceptors (Lipinski definition) is 4. The molecule has 0 atom stereocenters. The van der Waals surface area contributed by atoms with Crippen LogP contribution < -0.4 is 14.8 Å². The van der Waals surface area contributed by atoms with Crippen molar-refractivity contribution in [1.82, 2.24) is 0 Å². The Morgan fingerprint density at radius 1 is 1.14 bits per heavy atom. The average molecular weight is 380 g/mol. The van der Waals surface area contributed by atoms with Crippen LogP contribution in [0.25, 0.3) is 0 Å². The molecule has 1 heterocycles. The van der Waals surface area contributed by atoms with E-state index in [1.165, 1.54) is 11.8 Å². The zero-order chi connectivity index (χ0) is 15.4. The van der Waals surface area contributed by atoms with Crippen molar-refractivity contribution in [2.24, 2.45) is 0 Å². The summed E-state index contributed by atoms with van der Waals surface area (Å²) in [6, 6.07) is 13.4. The molecule has 0 saturated carbocycles. The molecule has 0 radical (unpaired) electrons. The Bertz CT molecular complexity index is 679. The minimum atomic E-state index is -0.0637. The monoisotopic (exact) mass is 379 g/mol. The van der Waals surface area contributed by atoms with Crippen LogP contribution in [0, 0.1) is 0 Å². The van der Waals surface area contributed by atoms with Gasteiger partial charge in [0.2, 0.25) is 5.91 Å². The second kappa shape index (κ2) is 7.07. The van der Waals surface area contributed by atoms with E-state index in [0.717, 1.165) is 9.37 Å². The Morgan fingerprint density at radius 2 is 1.82 bits per heavy atom. The van der Waals surface area contributed by atoms with Crippen LogP contribution in [-0.4, -0.2) is 24.9 Å². The van der Waals surface area contributed by atoms with Gasteiger partial charge >= 0.3 is 0 Å². The first-order chi connectivity index (χ1) is 10.7. The molecule has 0 saturated heterocycles. The maximum absolute atomic E-state index is 12.1. The highest BCUT2D eigenvalue weighted by Crippen LogP contribution is 2.38. The van der Waals surface area contributed by atoms with Gasteiger partial charge in [0.25, 0.3) is 0 Å². The topological polar surface area (TPSA) is 47.6 Å². The number of benzene rings is 2. The van der Waals surface area contributed by atoms with E-state index in [1.807, 2.05) is 36.4 Å². The van der Waals surface area contributed by atoms with Crippen LogP contribution in [0.15, 0.2) is 51.8 Å². The van der Waals surface area contributed by atoms with Crippen LogP contribution in [0.4, 0.5) is 5.69 Å². The van der Waals surface area contributed by atoms with Crippen molar-refractivity contribution >= 4 is 39.3 Å². The van der Waals surface area contributed by atoms with Crippen molar-refractivity contribution in [3.05, 3.63) is 46.9 Å². The lowest BCUT2D eigenvalue weighted by Crippen LogP contribution is -2.17. The fourth-order valence-electron chi connectivity index (χ4n) is 2.01. The first-order valence-corrected chi connectivity index (χ1v) is 8.57. The van der Waals surface area contributed by atoms with Gasteiger partial charge in [0.05, 0.1) is 11.4 Å². The van der Waals surface area contributed by atoms with Crippen molar-refractivity contribution in [2.45, 2.75) is 4.90 Å². The van der Waals surface area contributed by atoms with Crippen LogP contribution >= 0.6 is 27.7 Å².